The first-order chi connectivity index (χ1) is 13.0. The number of ether oxygens (including phenoxy) is 1. The molecule has 0 radical (unpaired) electrons. The van der Waals surface area contributed by atoms with Gasteiger partial charge in [0.05, 0.1) is 23.6 Å². The summed E-state index contributed by atoms with van der Waals surface area (Å²) in [5.41, 5.74) is 3.29. The predicted octanol–water partition coefficient (Wildman–Crippen LogP) is 3.72. The van der Waals surface area contributed by atoms with Gasteiger partial charge in [-0.1, -0.05) is 6.07 Å². The number of hydrogen-bond acceptors (Lipinski definition) is 4. The van der Waals surface area contributed by atoms with Crippen molar-refractivity contribution in [3.05, 3.63) is 30.6 Å². The highest BCUT2D eigenvalue weighted by Gasteiger charge is 2.35. The molecule has 0 saturated heterocycles. The van der Waals surface area contributed by atoms with Crippen LogP contribution < -0.4 is 9.80 Å². The zero-order chi connectivity index (χ0) is 19.0. The molecule has 0 unspecified atom stereocenters. The molecular weight excluding hydrogens is 344 g/mol. The molecule has 142 valence electrons. The van der Waals surface area contributed by atoms with Gasteiger partial charge in [-0.25, -0.2) is 4.79 Å². The number of nitrogens with zero attached hydrogens (tertiary/aromatic N) is 3. The van der Waals surface area contributed by atoms with E-state index in [9.17, 15) is 9.59 Å². The Balaban J connectivity index is 1.72. The highest BCUT2D eigenvalue weighted by atomic mass is 16.6. The van der Waals surface area contributed by atoms with Crippen molar-refractivity contribution in [2.24, 2.45) is 0 Å². The Kier molecular flexibility index (Phi) is 4.59. The first kappa shape index (κ1) is 17.6. The molecule has 0 spiro atoms. The van der Waals surface area contributed by atoms with Crippen molar-refractivity contribution in [3.8, 4) is 11.1 Å². The molecule has 2 amide bonds. The van der Waals surface area contributed by atoms with Crippen molar-refractivity contribution in [3.63, 3.8) is 0 Å². The molecule has 1 atom stereocenters. The summed E-state index contributed by atoms with van der Waals surface area (Å²) in [6, 6.07) is 5.64. The van der Waals surface area contributed by atoms with Crippen LogP contribution in [0.25, 0.3) is 11.1 Å². The van der Waals surface area contributed by atoms with Crippen LogP contribution in [0, 0.1) is 0 Å². The minimum absolute atomic E-state index is 0.000788. The number of benzene rings is 1. The summed E-state index contributed by atoms with van der Waals surface area (Å²) in [6.07, 6.45) is 7.27. The number of rotatable bonds is 2. The van der Waals surface area contributed by atoms with Gasteiger partial charge >= 0.3 is 6.09 Å². The van der Waals surface area contributed by atoms with E-state index < -0.39 is 0 Å². The summed E-state index contributed by atoms with van der Waals surface area (Å²) in [5, 5.41) is 6.80. The molecule has 7 heteroatoms. The number of anilines is 2. The van der Waals surface area contributed by atoms with E-state index in [1.54, 1.807) is 29.1 Å². The van der Waals surface area contributed by atoms with Gasteiger partial charge in [-0.2, -0.15) is 5.10 Å². The summed E-state index contributed by atoms with van der Waals surface area (Å²) in [6.45, 7) is 3.91. The van der Waals surface area contributed by atoms with Gasteiger partial charge in [0.25, 0.3) is 0 Å². The molecule has 1 aliphatic heterocycles. The second-order valence-electron chi connectivity index (χ2n) is 7.33. The summed E-state index contributed by atoms with van der Waals surface area (Å²) in [5.74, 6) is -0.0383. The molecule has 1 fully saturated rings. The molecule has 0 bridgehead atoms. The molecular formula is C20H24N4O3. The predicted molar refractivity (Wildman–Crippen MR) is 103 cm³/mol. The fourth-order valence-electron chi connectivity index (χ4n) is 4.08. The maximum absolute atomic E-state index is 12.9. The highest BCUT2D eigenvalue weighted by Crippen LogP contribution is 2.39. The average molecular weight is 368 g/mol. The molecule has 2 aliphatic rings. The van der Waals surface area contributed by atoms with Gasteiger partial charge in [0.2, 0.25) is 5.91 Å². The van der Waals surface area contributed by atoms with Crippen LogP contribution in [-0.2, 0) is 9.53 Å². The number of aromatic nitrogens is 2. The quantitative estimate of drug-likeness (QED) is 0.876. The van der Waals surface area contributed by atoms with E-state index in [0.29, 0.717) is 12.2 Å². The third-order valence-corrected chi connectivity index (χ3v) is 5.37. The first-order valence-corrected chi connectivity index (χ1v) is 9.45. The number of H-pyrrole nitrogens is 1. The molecule has 1 aromatic heterocycles. The van der Waals surface area contributed by atoms with Crippen molar-refractivity contribution in [1.82, 2.24) is 10.2 Å². The Bertz CT molecular complexity index is 843. The van der Waals surface area contributed by atoms with Gasteiger partial charge in [-0.05, 0) is 50.3 Å². The van der Waals surface area contributed by atoms with Crippen molar-refractivity contribution in [2.75, 3.05) is 16.3 Å². The van der Waals surface area contributed by atoms with Crippen LogP contribution in [0.4, 0.5) is 16.2 Å². The molecule has 1 saturated carbocycles. The van der Waals surface area contributed by atoms with Crippen molar-refractivity contribution >= 4 is 23.4 Å². The summed E-state index contributed by atoms with van der Waals surface area (Å²) in [7, 11) is 0. The van der Waals surface area contributed by atoms with E-state index in [1.807, 2.05) is 25.1 Å². The Labute approximate surface area is 158 Å². The van der Waals surface area contributed by atoms with Gasteiger partial charge in [-0.3, -0.25) is 14.8 Å². The van der Waals surface area contributed by atoms with Crippen molar-refractivity contribution in [1.29, 1.82) is 0 Å². The Morgan fingerprint density at radius 2 is 1.96 bits per heavy atom. The number of hydrogen-bond donors (Lipinski definition) is 1. The molecule has 1 N–H and O–H groups in total. The topological polar surface area (TPSA) is 78.5 Å². The average Bonchev–Trinajstić information content (AvgIpc) is 3.34. The fraction of sp³-hybridized carbons (Fsp3) is 0.450. The van der Waals surface area contributed by atoms with Gasteiger partial charge in [0, 0.05) is 25.2 Å². The van der Waals surface area contributed by atoms with Gasteiger partial charge in [0.1, 0.15) is 6.10 Å². The van der Waals surface area contributed by atoms with E-state index in [0.717, 1.165) is 42.5 Å². The summed E-state index contributed by atoms with van der Waals surface area (Å²) < 4.78 is 5.75. The Morgan fingerprint density at radius 3 is 2.63 bits per heavy atom. The molecule has 2 heterocycles. The summed E-state index contributed by atoms with van der Waals surface area (Å²) in [4.78, 5) is 28.5. The van der Waals surface area contributed by atoms with Crippen LogP contribution in [0.3, 0.4) is 0 Å². The number of carbonyl (C=O) groups is 2. The standard InChI is InChI=1S/C20H24N4O3/c1-13-12-23(20(26)27-17-5-3-4-6-17)19-9-15(16-10-21-22-11-16)7-8-18(19)24(13)14(2)25/h7-11,13,17H,3-6,12H2,1-2H3,(H,21,22)/t13-/m0/s1. The minimum Gasteiger partial charge on any atom is -0.446 e. The maximum Gasteiger partial charge on any atom is 0.414 e. The molecule has 4 rings (SSSR count). The van der Waals surface area contributed by atoms with Gasteiger partial charge in [0.15, 0.2) is 0 Å². The molecule has 7 nitrogen and oxygen atoms in total. The van der Waals surface area contributed by atoms with E-state index in [2.05, 4.69) is 10.2 Å². The number of nitrogens with one attached hydrogen (secondary N) is 1. The van der Waals surface area contributed by atoms with E-state index >= 15 is 0 Å². The normalized spacial score (nSPS) is 19.9. The van der Waals surface area contributed by atoms with E-state index in [4.69, 9.17) is 4.74 Å². The third kappa shape index (κ3) is 3.29. The van der Waals surface area contributed by atoms with Crippen LogP contribution >= 0.6 is 0 Å². The first-order valence-electron chi connectivity index (χ1n) is 9.45. The lowest BCUT2D eigenvalue weighted by Crippen LogP contribution is -2.51. The van der Waals surface area contributed by atoms with Crippen LogP contribution in [0.1, 0.15) is 39.5 Å². The fourth-order valence-corrected chi connectivity index (χ4v) is 4.08. The van der Waals surface area contributed by atoms with Crippen LogP contribution in [0.15, 0.2) is 30.6 Å². The largest absolute Gasteiger partial charge is 0.446 e. The molecule has 2 aromatic rings. The van der Waals surface area contributed by atoms with Crippen LogP contribution in [0.5, 0.6) is 0 Å². The van der Waals surface area contributed by atoms with Gasteiger partial charge < -0.3 is 9.64 Å². The molecule has 1 aliphatic carbocycles. The van der Waals surface area contributed by atoms with Gasteiger partial charge in [-0.15, -0.1) is 0 Å². The monoisotopic (exact) mass is 368 g/mol. The number of carbonyl (C=O) groups excluding carboxylic acids is 2. The van der Waals surface area contributed by atoms with Crippen LogP contribution in [-0.4, -0.2) is 40.9 Å². The lowest BCUT2D eigenvalue weighted by Gasteiger charge is -2.40. The zero-order valence-electron chi connectivity index (χ0n) is 15.6. The van der Waals surface area contributed by atoms with E-state index in [1.165, 1.54) is 0 Å². The number of fused-ring (bicyclic) bond motifs is 1. The number of aromatic amines is 1. The SMILES string of the molecule is CC(=O)N1c2ccc(-c3cn[nH]c3)cc2N(C(=O)OC2CCCC2)C[C@@H]1C. The molecule has 1 aromatic carbocycles. The third-order valence-electron chi connectivity index (χ3n) is 5.37. The summed E-state index contributed by atoms with van der Waals surface area (Å²) >= 11 is 0. The van der Waals surface area contributed by atoms with E-state index in [-0.39, 0.29) is 24.1 Å². The van der Waals surface area contributed by atoms with Crippen LogP contribution in [0.2, 0.25) is 0 Å². The lowest BCUT2D eigenvalue weighted by molar-refractivity contribution is -0.117. The second-order valence-corrected chi connectivity index (χ2v) is 7.33. The maximum atomic E-state index is 12.9. The Morgan fingerprint density at radius 1 is 1.19 bits per heavy atom. The smallest absolute Gasteiger partial charge is 0.414 e. The molecule has 27 heavy (non-hydrogen) atoms. The minimum atomic E-state index is -0.331. The Hall–Kier alpha value is -2.83. The van der Waals surface area contributed by atoms with Crippen molar-refractivity contribution < 1.29 is 14.3 Å². The second kappa shape index (κ2) is 7.06. The zero-order valence-corrected chi connectivity index (χ0v) is 15.6. The lowest BCUT2D eigenvalue weighted by atomic mass is 10.0. The number of amides is 2. The highest BCUT2D eigenvalue weighted by molar-refractivity contribution is 6.03. The van der Waals surface area contributed by atoms with Crippen molar-refractivity contribution in [2.45, 2.75) is 51.7 Å².